The van der Waals surface area contributed by atoms with E-state index in [1.54, 1.807) is 12.1 Å². The van der Waals surface area contributed by atoms with E-state index in [0.717, 1.165) is 18.8 Å². The zero-order valence-corrected chi connectivity index (χ0v) is 15.5. The summed E-state index contributed by atoms with van der Waals surface area (Å²) in [5, 5.41) is 17.8. The molecule has 0 aliphatic heterocycles. The molecule has 2 N–H and O–H groups in total. The lowest BCUT2D eigenvalue weighted by Gasteiger charge is -2.39. The minimum Gasteiger partial charge on any atom is -0.360 e. The highest BCUT2D eigenvalue weighted by atomic mass is 32.1. The molecule has 1 fully saturated rings. The van der Waals surface area contributed by atoms with Gasteiger partial charge in [0.05, 0.1) is 4.92 Å². The van der Waals surface area contributed by atoms with Crippen molar-refractivity contribution in [2.75, 3.05) is 5.32 Å². The van der Waals surface area contributed by atoms with E-state index in [2.05, 4.69) is 31.4 Å². The van der Waals surface area contributed by atoms with Gasteiger partial charge in [-0.15, -0.1) is 0 Å². The van der Waals surface area contributed by atoms with E-state index < -0.39 is 4.92 Å². The monoisotopic (exact) mass is 349 g/mol. The summed E-state index contributed by atoms with van der Waals surface area (Å²) in [4.78, 5) is 10.4. The maximum atomic E-state index is 10.8. The molecule has 0 amide bonds. The average Bonchev–Trinajstić information content (AvgIpc) is 2.55. The lowest BCUT2D eigenvalue weighted by molar-refractivity contribution is -0.384. The van der Waals surface area contributed by atoms with Crippen molar-refractivity contribution < 1.29 is 4.92 Å². The molecule has 1 aromatic rings. The standard InChI is InChI=1S/C18H27N3O2S/c1-4-18(2,3)13-8-10-14(11-9-13)19-17(24)20-15-6-5-7-16(12-15)21(22)23/h5-7,12-14H,4,8-11H2,1-3H3,(H2,19,20,24). The Bertz CT molecular complexity index is 596. The first kappa shape index (κ1) is 18.6. The smallest absolute Gasteiger partial charge is 0.271 e. The number of non-ortho nitro benzene ring substituents is 1. The van der Waals surface area contributed by atoms with Crippen LogP contribution in [0, 0.1) is 21.4 Å². The molecule has 6 heteroatoms. The molecule has 0 unspecified atom stereocenters. The Morgan fingerprint density at radius 3 is 2.58 bits per heavy atom. The largest absolute Gasteiger partial charge is 0.360 e. The van der Waals surface area contributed by atoms with Crippen LogP contribution < -0.4 is 10.6 Å². The Labute approximate surface area is 149 Å². The molecular weight excluding hydrogens is 322 g/mol. The number of anilines is 1. The van der Waals surface area contributed by atoms with Gasteiger partial charge in [-0.1, -0.05) is 33.3 Å². The molecule has 0 radical (unpaired) electrons. The third kappa shape index (κ3) is 4.90. The molecule has 5 nitrogen and oxygen atoms in total. The van der Waals surface area contributed by atoms with Gasteiger partial charge in [0, 0.05) is 23.9 Å². The molecule has 1 aromatic carbocycles. The fourth-order valence-corrected chi connectivity index (χ4v) is 3.64. The summed E-state index contributed by atoms with van der Waals surface area (Å²) < 4.78 is 0. The van der Waals surface area contributed by atoms with Crippen LogP contribution in [0.2, 0.25) is 0 Å². The van der Waals surface area contributed by atoms with Gasteiger partial charge in [0.25, 0.3) is 5.69 Å². The number of hydrogen-bond acceptors (Lipinski definition) is 3. The van der Waals surface area contributed by atoms with Crippen LogP contribution in [0.1, 0.15) is 52.9 Å². The SMILES string of the molecule is CCC(C)(C)C1CCC(NC(=S)Nc2cccc([N+](=O)[O-])c2)CC1. The Hall–Kier alpha value is -1.69. The van der Waals surface area contributed by atoms with E-state index in [-0.39, 0.29) is 5.69 Å². The second-order valence-corrected chi connectivity index (χ2v) is 7.70. The van der Waals surface area contributed by atoms with Crippen molar-refractivity contribution in [1.82, 2.24) is 5.32 Å². The fraction of sp³-hybridized carbons (Fsp3) is 0.611. The Morgan fingerprint density at radius 1 is 1.33 bits per heavy atom. The number of nitro benzene ring substituents is 1. The van der Waals surface area contributed by atoms with Crippen LogP contribution in [0.3, 0.4) is 0 Å². The zero-order valence-electron chi connectivity index (χ0n) is 14.7. The zero-order chi connectivity index (χ0) is 17.7. The molecule has 1 saturated carbocycles. The third-order valence-electron chi connectivity index (χ3n) is 5.39. The van der Waals surface area contributed by atoms with Gasteiger partial charge in [0.1, 0.15) is 0 Å². The molecule has 1 aliphatic carbocycles. The normalized spacial score (nSPS) is 21.1. The van der Waals surface area contributed by atoms with Crippen molar-refractivity contribution in [2.45, 2.75) is 58.9 Å². The number of thiocarbonyl (C=S) groups is 1. The fourth-order valence-electron chi connectivity index (χ4n) is 3.36. The summed E-state index contributed by atoms with van der Waals surface area (Å²) in [6.07, 6.45) is 5.88. The first-order valence-corrected chi connectivity index (χ1v) is 9.04. The van der Waals surface area contributed by atoms with Crippen LogP contribution in [0.5, 0.6) is 0 Å². The average molecular weight is 350 g/mol. The Balaban J connectivity index is 1.84. The Kier molecular flexibility index (Phi) is 6.15. The molecule has 0 aromatic heterocycles. The predicted molar refractivity (Wildman–Crippen MR) is 102 cm³/mol. The lowest BCUT2D eigenvalue weighted by Crippen LogP contribution is -2.41. The summed E-state index contributed by atoms with van der Waals surface area (Å²) in [6, 6.07) is 6.78. The summed E-state index contributed by atoms with van der Waals surface area (Å²) in [6.45, 7) is 6.99. The van der Waals surface area contributed by atoms with E-state index >= 15 is 0 Å². The van der Waals surface area contributed by atoms with E-state index in [1.807, 2.05) is 0 Å². The minimum absolute atomic E-state index is 0.0603. The number of nitrogens with zero attached hydrogens (tertiary/aromatic N) is 1. The maximum absolute atomic E-state index is 10.8. The van der Waals surface area contributed by atoms with Crippen molar-refractivity contribution in [3.05, 3.63) is 34.4 Å². The lowest BCUT2D eigenvalue weighted by atomic mass is 9.69. The van der Waals surface area contributed by atoms with Crippen LogP contribution in [0.15, 0.2) is 24.3 Å². The molecule has 0 bridgehead atoms. The van der Waals surface area contributed by atoms with Crippen molar-refractivity contribution in [3.63, 3.8) is 0 Å². The quantitative estimate of drug-likeness (QED) is 0.451. The number of nitro groups is 1. The molecule has 1 aliphatic rings. The number of rotatable bonds is 5. The molecular formula is C18H27N3O2S. The topological polar surface area (TPSA) is 67.2 Å². The van der Waals surface area contributed by atoms with E-state index in [4.69, 9.17) is 12.2 Å². The molecule has 0 saturated heterocycles. The summed E-state index contributed by atoms with van der Waals surface area (Å²) in [5.41, 5.74) is 1.11. The number of benzene rings is 1. The first-order chi connectivity index (χ1) is 11.3. The van der Waals surface area contributed by atoms with Crippen molar-refractivity contribution in [2.24, 2.45) is 11.3 Å². The Morgan fingerprint density at radius 2 is 2.00 bits per heavy atom. The van der Waals surface area contributed by atoms with Crippen LogP contribution in [0.4, 0.5) is 11.4 Å². The van der Waals surface area contributed by atoms with E-state index in [1.165, 1.54) is 31.4 Å². The molecule has 132 valence electrons. The van der Waals surface area contributed by atoms with Crippen LogP contribution in [-0.4, -0.2) is 16.1 Å². The number of nitrogens with one attached hydrogen (secondary N) is 2. The van der Waals surface area contributed by atoms with Crippen molar-refractivity contribution in [3.8, 4) is 0 Å². The molecule has 0 spiro atoms. The molecule has 0 atom stereocenters. The van der Waals surface area contributed by atoms with Crippen molar-refractivity contribution >= 4 is 28.7 Å². The van der Waals surface area contributed by atoms with Crippen LogP contribution in [0.25, 0.3) is 0 Å². The number of hydrogen-bond donors (Lipinski definition) is 2. The van der Waals surface area contributed by atoms with Gasteiger partial charge in [0.15, 0.2) is 5.11 Å². The summed E-state index contributed by atoms with van der Waals surface area (Å²) in [7, 11) is 0. The highest BCUT2D eigenvalue weighted by Crippen LogP contribution is 2.40. The second-order valence-electron chi connectivity index (χ2n) is 7.30. The van der Waals surface area contributed by atoms with E-state index in [0.29, 0.717) is 22.3 Å². The van der Waals surface area contributed by atoms with Gasteiger partial charge in [0.2, 0.25) is 0 Å². The second kappa shape index (κ2) is 7.92. The first-order valence-electron chi connectivity index (χ1n) is 8.64. The van der Waals surface area contributed by atoms with Crippen LogP contribution in [-0.2, 0) is 0 Å². The van der Waals surface area contributed by atoms with Gasteiger partial charge in [-0.05, 0) is 55.3 Å². The van der Waals surface area contributed by atoms with E-state index in [9.17, 15) is 10.1 Å². The van der Waals surface area contributed by atoms with Crippen LogP contribution >= 0.6 is 12.2 Å². The predicted octanol–water partition coefficient (Wildman–Crippen LogP) is 4.88. The molecule has 24 heavy (non-hydrogen) atoms. The molecule has 2 rings (SSSR count). The minimum atomic E-state index is -0.404. The van der Waals surface area contributed by atoms with Gasteiger partial charge in [-0.2, -0.15) is 0 Å². The maximum Gasteiger partial charge on any atom is 0.271 e. The van der Waals surface area contributed by atoms with Gasteiger partial charge in [-0.25, -0.2) is 0 Å². The van der Waals surface area contributed by atoms with Crippen molar-refractivity contribution in [1.29, 1.82) is 0 Å². The van der Waals surface area contributed by atoms with Gasteiger partial charge < -0.3 is 10.6 Å². The van der Waals surface area contributed by atoms with Gasteiger partial charge in [-0.3, -0.25) is 10.1 Å². The molecule has 0 heterocycles. The summed E-state index contributed by atoms with van der Waals surface area (Å²) >= 11 is 5.36. The third-order valence-corrected chi connectivity index (χ3v) is 5.61. The highest BCUT2D eigenvalue weighted by molar-refractivity contribution is 7.80. The summed E-state index contributed by atoms with van der Waals surface area (Å²) in [5.74, 6) is 0.777. The van der Waals surface area contributed by atoms with Gasteiger partial charge >= 0.3 is 0 Å². The highest BCUT2D eigenvalue weighted by Gasteiger charge is 2.31.